The van der Waals surface area contributed by atoms with Gasteiger partial charge in [-0.25, -0.2) is 4.39 Å². The number of amidine groups is 1. The van der Waals surface area contributed by atoms with Crippen molar-refractivity contribution in [3.05, 3.63) is 95.8 Å². The zero-order chi connectivity index (χ0) is 20.2. The molecule has 144 valence electrons. The first-order valence-electron chi connectivity index (χ1n) is 9.31. The van der Waals surface area contributed by atoms with E-state index in [1.165, 1.54) is 18.3 Å². The van der Waals surface area contributed by atoms with Crippen LogP contribution in [-0.2, 0) is 0 Å². The van der Waals surface area contributed by atoms with Crippen LogP contribution in [0.1, 0.15) is 23.7 Å². The summed E-state index contributed by atoms with van der Waals surface area (Å²) in [7, 11) is 0. The monoisotopic (exact) mass is 385 g/mol. The Morgan fingerprint density at radius 2 is 1.59 bits per heavy atom. The summed E-state index contributed by atoms with van der Waals surface area (Å²) in [6.45, 7) is 0. The second kappa shape index (κ2) is 8.20. The van der Waals surface area contributed by atoms with E-state index in [0.29, 0.717) is 5.56 Å². The predicted octanol–water partition coefficient (Wildman–Crippen LogP) is 4.95. The van der Waals surface area contributed by atoms with Gasteiger partial charge >= 0.3 is 0 Å². The second-order valence-electron chi connectivity index (χ2n) is 6.84. The van der Waals surface area contributed by atoms with E-state index in [1.54, 1.807) is 12.1 Å². The van der Waals surface area contributed by atoms with Crippen LogP contribution in [0.3, 0.4) is 0 Å². The summed E-state index contributed by atoms with van der Waals surface area (Å²) in [5.74, 6) is -0.0935. The van der Waals surface area contributed by atoms with Crippen molar-refractivity contribution in [3.8, 4) is 0 Å². The summed E-state index contributed by atoms with van der Waals surface area (Å²) in [5, 5.41) is 23.0. The van der Waals surface area contributed by atoms with Gasteiger partial charge in [-0.15, -0.1) is 5.10 Å². The molecule has 0 aromatic heterocycles. The average Bonchev–Trinajstić information content (AvgIpc) is 2.74. The number of rotatable bonds is 5. The highest BCUT2D eigenvalue weighted by Gasteiger charge is 2.15. The molecule has 0 spiro atoms. The predicted molar refractivity (Wildman–Crippen MR) is 117 cm³/mol. The quantitative estimate of drug-likeness (QED) is 0.221. The number of aliphatic hydroxyl groups is 1. The van der Waals surface area contributed by atoms with Crippen LogP contribution in [0.2, 0.25) is 0 Å². The van der Waals surface area contributed by atoms with E-state index < -0.39 is 6.10 Å². The molecular formula is C24H20FN3O. The van der Waals surface area contributed by atoms with Gasteiger partial charge < -0.3 is 10.8 Å². The van der Waals surface area contributed by atoms with E-state index in [4.69, 9.17) is 5.73 Å². The Hall–Kier alpha value is -3.57. The lowest BCUT2D eigenvalue weighted by atomic mass is 9.93. The number of hydrogen-bond acceptors (Lipinski definition) is 3. The molecule has 1 atom stereocenters. The van der Waals surface area contributed by atoms with Crippen molar-refractivity contribution in [2.75, 3.05) is 0 Å². The Kier molecular flexibility index (Phi) is 5.31. The van der Waals surface area contributed by atoms with E-state index in [0.717, 1.165) is 27.1 Å². The minimum atomic E-state index is -0.811. The van der Waals surface area contributed by atoms with Gasteiger partial charge in [0, 0.05) is 6.42 Å². The summed E-state index contributed by atoms with van der Waals surface area (Å²) >= 11 is 0. The number of benzene rings is 4. The normalized spacial score (nSPS) is 13.4. The van der Waals surface area contributed by atoms with Gasteiger partial charge in [-0.2, -0.15) is 5.10 Å². The van der Waals surface area contributed by atoms with E-state index in [9.17, 15) is 9.50 Å². The molecule has 0 aliphatic carbocycles. The Labute approximate surface area is 167 Å². The molecule has 4 aromatic carbocycles. The van der Waals surface area contributed by atoms with E-state index in [2.05, 4.69) is 22.3 Å². The van der Waals surface area contributed by atoms with Gasteiger partial charge in [-0.1, -0.05) is 60.7 Å². The fourth-order valence-corrected chi connectivity index (χ4v) is 3.43. The lowest BCUT2D eigenvalue weighted by Gasteiger charge is -2.15. The second-order valence-corrected chi connectivity index (χ2v) is 6.84. The Morgan fingerprint density at radius 1 is 0.931 bits per heavy atom. The van der Waals surface area contributed by atoms with Crippen LogP contribution in [0.5, 0.6) is 0 Å². The van der Waals surface area contributed by atoms with Gasteiger partial charge in [0.15, 0.2) is 0 Å². The zero-order valence-electron chi connectivity index (χ0n) is 15.7. The molecule has 4 nitrogen and oxygen atoms in total. The third-order valence-corrected chi connectivity index (χ3v) is 4.82. The van der Waals surface area contributed by atoms with Crippen molar-refractivity contribution < 1.29 is 9.50 Å². The van der Waals surface area contributed by atoms with Crippen molar-refractivity contribution in [2.24, 2.45) is 15.9 Å². The van der Waals surface area contributed by atoms with Crippen LogP contribution >= 0.6 is 0 Å². The molecule has 29 heavy (non-hydrogen) atoms. The summed E-state index contributed by atoms with van der Waals surface area (Å²) in [6, 6.07) is 24.0. The van der Waals surface area contributed by atoms with Crippen LogP contribution in [0.25, 0.3) is 21.5 Å². The molecule has 4 aromatic rings. The summed E-state index contributed by atoms with van der Waals surface area (Å²) in [4.78, 5) is 0. The SMILES string of the molecule is N/C(CC(O)c1cc2ccccc2c2ccccc12)=N\N=C\c1ccc(F)cc1. The molecule has 1 unspecified atom stereocenters. The van der Waals surface area contributed by atoms with Crippen LogP contribution in [0, 0.1) is 5.82 Å². The lowest BCUT2D eigenvalue weighted by Crippen LogP contribution is -2.16. The Morgan fingerprint density at radius 3 is 2.34 bits per heavy atom. The smallest absolute Gasteiger partial charge is 0.125 e. The van der Waals surface area contributed by atoms with Crippen molar-refractivity contribution in [2.45, 2.75) is 12.5 Å². The topological polar surface area (TPSA) is 71.0 Å². The standard InChI is InChI=1S/C24H20FN3O/c25-18-11-9-16(10-12-18)15-27-28-24(26)14-23(29)22-13-17-5-1-2-6-19(17)20-7-3-4-8-21(20)22/h1-13,15,23,29H,14H2,(H2,26,28)/b27-15+. The molecule has 0 amide bonds. The fourth-order valence-electron chi connectivity index (χ4n) is 3.43. The first kappa shape index (κ1) is 18.8. The summed E-state index contributed by atoms with van der Waals surface area (Å²) in [5.41, 5.74) is 7.49. The van der Waals surface area contributed by atoms with Crippen LogP contribution in [0.15, 0.2) is 89.1 Å². The molecule has 0 saturated heterocycles. The molecule has 0 aliphatic rings. The highest BCUT2D eigenvalue weighted by Crippen LogP contribution is 2.32. The number of nitrogens with two attached hydrogens (primary N) is 1. The molecule has 0 bridgehead atoms. The summed E-state index contributed by atoms with van der Waals surface area (Å²) in [6.07, 6.45) is 0.835. The molecule has 4 rings (SSSR count). The first-order valence-corrected chi connectivity index (χ1v) is 9.31. The number of fused-ring (bicyclic) bond motifs is 3. The molecule has 5 heteroatoms. The molecule has 3 N–H and O–H groups in total. The Bertz CT molecular complexity index is 1220. The van der Waals surface area contributed by atoms with Crippen molar-refractivity contribution in [1.29, 1.82) is 0 Å². The van der Waals surface area contributed by atoms with E-state index in [-0.39, 0.29) is 18.1 Å². The van der Waals surface area contributed by atoms with Crippen LogP contribution in [0.4, 0.5) is 4.39 Å². The largest absolute Gasteiger partial charge is 0.388 e. The summed E-state index contributed by atoms with van der Waals surface area (Å²) < 4.78 is 12.9. The number of halogens is 1. The lowest BCUT2D eigenvalue weighted by molar-refractivity contribution is 0.187. The molecule has 0 fully saturated rings. The Balaban J connectivity index is 1.59. The van der Waals surface area contributed by atoms with Gasteiger partial charge in [0.05, 0.1) is 12.3 Å². The maximum atomic E-state index is 12.9. The maximum Gasteiger partial charge on any atom is 0.125 e. The maximum absolute atomic E-state index is 12.9. The minimum absolute atomic E-state index is 0.156. The molecule has 0 heterocycles. The highest BCUT2D eigenvalue weighted by molar-refractivity contribution is 6.09. The molecule has 0 saturated carbocycles. The zero-order valence-corrected chi connectivity index (χ0v) is 15.7. The third kappa shape index (κ3) is 4.15. The average molecular weight is 385 g/mol. The third-order valence-electron chi connectivity index (χ3n) is 4.82. The highest BCUT2D eigenvalue weighted by atomic mass is 19.1. The molecular weight excluding hydrogens is 365 g/mol. The molecule has 0 radical (unpaired) electrons. The van der Waals surface area contributed by atoms with Gasteiger partial charge in [0.2, 0.25) is 0 Å². The van der Waals surface area contributed by atoms with Gasteiger partial charge in [0.25, 0.3) is 0 Å². The van der Waals surface area contributed by atoms with Crippen molar-refractivity contribution in [1.82, 2.24) is 0 Å². The minimum Gasteiger partial charge on any atom is -0.388 e. The molecule has 0 aliphatic heterocycles. The van der Waals surface area contributed by atoms with E-state index in [1.807, 2.05) is 42.5 Å². The van der Waals surface area contributed by atoms with Crippen LogP contribution in [-0.4, -0.2) is 17.2 Å². The van der Waals surface area contributed by atoms with Gasteiger partial charge in [-0.3, -0.25) is 0 Å². The van der Waals surface area contributed by atoms with Crippen molar-refractivity contribution >= 4 is 33.6 Å². The number of hydrogen-bond donors (Lipinski definition) is 2. The fraction of sp³-hybridized carbons (Fsp3) is 0.0833. The van der Waals surface area contributed by atoms with E-state index >= 15 is 0 Å². The first-order chi connectivity index (χ1) is 14.1. The van der Waals surface area contributed by atoms with Crippen LogP contribution < -0.4 is 5.73 Å². The number of nitrogens with zero attached hydrogens (tertiary/aromatic N) is 2. The van der Waals surface area contributed by atoms with Gasteiger partial charge in [-0.05, 0) is 50.9 Å². The van der Waals surface area contributed by atoms with Gasteiger partial charge in [0.1, 0.15) is 11.7 Å². The van der Waals surface area contributed by atoms with Crippen molar-refractivity contribution in [3.63, 3.8) is 0 Å². The number of aliphatic hydroxyl groups excluding tert-OH is 1.